The Balaban J connectivity index is 1.98. The van der Waals surface area contributed by atoms with Crippen LogP contribution in [-0.4, -0.2) is 23.2 Å². The first-order chi connectivity index (χ1) is 12.2. The van der Waals surface area contributed by atoms with E-state index in [9.17, 15) is 4.79 Å². The summed E-state index contributed by atoms with van der Waals surface area (Å²) in [6.07, 6.45) is 1.76. The molecular formula is C20H21N3O2. The van der Waals surface area contributed by atoms with Crippen molar-refractivity contribution in [2.45, 2.75) is 19.8 Å². The van der Waals surface area contributed by atoms with Gasteiger partial charge in [0, 0.05) is 11.1 Å². The molecule has 1 aromatic heterocycles. The summed E-state index contributed by atoms with van der Waals surface area (Å²) in [6.45, 7) is 2.09. The maximum absolute atomic E-state index is 12.6. The molecule has 2 aromatic carbocycles. The molecule has 5 nitrogen and oxygen atoms in total. The lowest BCUT2D eigenvalue weighted by Gasteiger charge is -2.09. The first kappa shape index (κ1) is 16.8. The molecule has 1 amide bonds. The van der Waals surface area contributed by atoms with Gasteiger partial charge in [0.2, 0.25) is 0 Å². The number of benzene rings is 2. The number of hydrogen-bond acceptors (Lipinski definition) is 3. The summed E-state index contributed by atoms with van der Waals surface area (Å²) in [5.41, 5.74) is 3.87. The summed E-state index contributed by atoms with van der Waals surface area (Å²) in [6, 6.07) is 16.8. The van der Waals surface area contributed by atoms with Gasteiger partial charge in [-0.1, -0.05) is 43.7 Å². The van der Waals surface area contributed by atoms with Crippen molar-refractivity contribution in [3.8, 4) is 17.0 Å². The number of aryl methyl sites for hydroxylation is 1. The van der Waals surface area contributed by atoms with Crippen molar-refractivity contribution in [1.82, 2.24) is 10.2 Å². The average molecular weight is 335 g/mol. The molecule has 0 spiro atoms. The molecule has 3 rings (SSSR count). The maximum Gasteiger partial charge on any atom is 0.255 e. The van der Waals surface area contributed by atoms with Gasteiger partial charge in [-0.25, -0.2) is 0 Å². The second-order valence-electron chi connectivity index (χ2n) is 5.73. The number of H-pyrrole nitrogens is 1. The van der Waals surface area contributed by atoms with E-state index in [0.29, 0.717) is 11.3 Å². The van der Waals surface area contributed by atoms with Crippen molar-refractivity contribution in [3.63, 3.8) is 0 Å². The zero-order valence-electron chi connectivity index (χ0n) is 14.4. The molecular weight excluding hydrogens is 314 g/mol. The van der Waals surface area contributed by atoms with Crippen LogP contribution < -0.4 is 10.1 Å². The van der Waals surface area contributed by atoms with Crippen LogP contribution in [0.25, 0.3) is 11.3 Å². The van der Waals surface area contributed by atoms with Gasteiger partial charge in [-0.2, -0.15) is 5.10 Å². The standard InChI is InChI=1S/C20H21N3O2/c1-3-8-17-19(21-20(24)14-9-5-4-6-10-14)18(23-22-17)15-11-7-12-16(13-15)25-2/h4-7,9-13H,3,8H2,1-2H3,(H,21,24)(H,22,23). The van der Waals surface area contributed by atoms with E-state index in [1.54, 1.807) is 19.2 Å². The lowest BCUT2D eigenvalue weighted by atomic mass is 10.1. The topological polar surface area (TPSA) is 67.0 Å². The van der Waals surface area contributed by atoms with E-state index in [1.165, 1.54) is 0 Å². The summed E-state index contributed by atoms with van der Waals surface area (Å²) >= 11 is 0. The van der Waals surface area contributed by atoms with E-state index in [0.717, 1.165) is 35.5 Å². The highest BCUT2D eigenvalue weighted by molar-refractivity contribution is 6.06. The Morgan fingerprint density at radius 3 is 2.68 bits per heavy atom. The number of nitrogens with one attached hydrogen (secondary N) is 2. The molecule has 0 saturated carbocycles. The van der Waals surface area contributed by atoms with Gasteiger partial charge in [0.25, 0.3) is 5.91 Å². The van der Waals surface area contributed by atoms with Crippen LogP contribution >= 0.6 is 0 Å². The first-order valence-electron chi connectivity index (χ1n) is 8.31. The highest BCUT2D eigenvalue weighted by atomic mass is 16.5. The van der Waals surface area contributed by atoms with Crippen molar-refractivity contribution < 1.29 is 9.53 Å². The SMILES string of the molecule is CCCc1[nH]nc(-c2cccc(OC)c2)c1NC(=O)c1ccccc1. The molecule has 0 unspecified atom stereocenters. The lowest BCUT2D eigenvalue weighted by Crippen LogP contribution is -2.13. The number of anilines is 1. The fourth-order valence-electron chi connectivity index (χ4n) is 2.70. The normalized spacial score (nSPS) is 10.5. The summed E-state index contributed by atoms with van der Waals surface area (Å²) < 4.78 is 5.30. The largest absolute Gasteiger partial charge is 0.497 e. The van der Waals surface area contributed by atoms with Crippen LogP contribution in [0.1, 0.15) is 29.4 Å². The van der Waals surface area contributed by atoms with E-state index in [1.807, 2.05) is 42.5 Å². The zero-order chi connectivity index (χ0) is 17.6. The van der Waals surface area contributed by atoms with Gasteiger partial charge in [-0.15, -0.1) is 0 Å². The number of rotatable bonds is 6. The number of carbonyl (C=O) groups is 1. The fourth-order valence-corrected chi connectivity index (χ4v) is 2.70. The molecule has 0 saturated heterocycles. The predicted molar refractivity (Wildman–Crippen MR) is 99.0 cm³/mol. The van der Waals surface area contributed by atoms with Crippen molar-refractivity contribution in [1.29, 1.82) is 0 Å². The Bertz CT molecular complexity index is 856. The minimum atomic E-state index is -0.150. The Hall–Kier alpha value is -3.08. The summed E-state index contributed by atoms with van der Waals surface area (Å²) in [4.78, 5) is 12.6. The molecule has 128 valence electrons. The molecule has 0 aliphatic carbocycles. The van der Waals surface area contributed by atoms with Gasteiger partial charge in [0.05, 0.1) is 18.5 Å². The van der Waals surface area contributed by atoms with Crippen LogP contribution in [-0.2, 0) is 6.42 Å². The molecule has 0 radical (unpaired) electrons. The number of carbonyl (C=O) groups excluding carboxylic acids is 1. The van der Waals surface area contributed by atoms with Gasteiger partial charge in [-0.05, 0) is 30.7 Å². The number of methoxy groups -OCH3 is 1. The highest BCUT2D eigenvalue weighted by Crippen LogP contribution is 2.31. The van der Waals surface area contributed by atoms with E-state index in [4.69, 9.17) is 4.74 Å². The van der Waals surface area contributed by atoms with Crippen LogP contribution in [0.4, 0.5) is 5.69 Å². The fraction of sp³-hybridized carbons (Fsp3) is 0.200. The van der Waals surface area contributed by atoms with Gasteiger partial charge in [-0.3, -0.25) is 9.89 Å². The molecule has 0 aliphatic heterocycles. The number of nitrogens with zero attached hydrogens (tertiary/aromatic N) is 1. The maximum atomic E-state index is 12.6. The molecule has 0 atom stereocenters. The highest BCUT2D eigenvalue weighted by Gasteiger charge is 2.18. The summed E-state index contributed by atoms with van der Waals surface area (Å²) in [7, 11) is 1.63. The Morgan fingerprint density at radius 2 is 1.96 bits per heavy atom. The molecule has 0 aliphatic rings. The molecule has 2 N–H and O–H groups in total. The van der Waals surface area contributed by atoms with E-state index < -0.39 is 0 Å². The predicted octanol–water partition coefficient (Wildman–Crippen LogP) is 4.29. The number of hydrogen-bond donors (Lipinski definition) is 2. The van der Waals surface area contributed by atoms with E-state index in [2.05, 4.69) is 22.4 Å². The van der Waals surface area contributed by atoms with Gasteiger partial charge >= 0.3 is 0 Å². The molecule has 25 heavy (non-hydrogen) atoms. The van der Waals surface area contributed by atoms with Crippen LogP contribution in [0.2, 0.25) is 0 Å². The average Bonchev–Trinajstić information content (AvgIpc) is 3.05. The van der Waals surface area contributed by atoms with Crippen LogP contribution in [0.15, 0.2) is 54.6 Å². The van der Waals surface area contributed by atoms with Gasteiger partial charge < -0.3 is 10.1 Å². The third-order valence-corrected chi connectivity index (χ3v) is 3.96. The Morgan fingerprint density at radius 1 is 1.16 bits per heavy atom. The van der Waals surface area contributed by atoms with Crippen LogP contribution in [0.5, 0.6) is 5.75 Å². The molecule has 5 heteroatoms. The zero-order valence-corrected chi connectivity index (χ0v) is 14.4. The lowest BCUT2D eigenvalue weighted by molar-refractivity contribution is 0.102. The second kappa shape index (κ2) is 7.66. The van der Waals surface area contributed by atoms with Crippen molar-refractivity contribution in [2.24, 2.45) is 0 Å². The van der Waals surface area contributed by atoms with E-state index >= 15 is 0 Å². The molecule has 0 fully saturated rings. The van der Waals surface area contributed by atoms with Crippen molar-refractivity contribution in [3.05, 3.63) is 65.9 Å². The number of ether oxygens (including phenoxy) is 1. The van der Waals surface area contributed by atoms with E-state index in [-0.39, 0.29) is 5.91 Å². The smallest absolute Gasteiger partial charge is 0.255 e. The Kier molecular flexibility index (Phi) is 5.14. The monoisotopic (exact) mass is 335 g/mol. The number of aromatic nitrogens is 2. The minimum absolute atomic E-state index is 0.150. The second-order valence-corrected chi connectivity index (χ2v) is 5.73. The first-order valence-corrected chi connectivity index (χ1v) is 8.31. The molecule has 3 aromatic rings. The van der Waals surface area contributed by atoms with Gasteiger partial charge in [0.15, 0.2) is 0 Å². The third kappa shape index (κ3) is 3.71. The summed E-state index contributed by atoms with van der Waals surface area (Å²) in [5.74, 6) is 0.598. The van der Waals surface area contributed by atoms with Crippen molar-refractivity contribution in [2.75, 3.05) is 12.4 Å². The Labute approximate surface area is 147 Å². The number of amides is 1. The third-order valence-electron chi connectivity index (χ3n) is 3.96. The summed E-state index contributed by atoms with van der Waals surface area (Å²) in [5, 5.41) is 10.5. The number of aromatic amines is 1. The minimum Gasteiger partial charge on any atom is -0.497 e. The van der Waals surface area contributed by atoms with Gasteiger partial charge in [0.1, 0.15) is 11.4 Å². The van der Waals surface area contributed by atoms with Crippen LogP contribution in [0, 0.1) is 0 Å². The quantitative estimate of drug-likeness (QED) is 0.706. The molecule has 1 heterocycles. The molecule has 0 bridgehead atoms. The van der Waals surface area contributed by atoms with Crippen LogP contribution in [0.3, 0.4) is 0 Å². The van der Waals surface area contributed by atoms with Crippen molar-refractivity contribution >= 4 is 11.6 Å².